The summed E-state index contributed by atoms with van der Waals surface area (Å²) < 4.78 is 5.13. The van der Waals surface area contributed by atoms with Gasteiger partial charge in [0.1, 0.15) is 12.4 Å². The molecule has 0 saturated carbocycles. The number of hydrogen-bond acceptors (Lipinski definition) is 5. The molecular formula is C20H23NO3S. The first-order valence-electron chi connectivity index (χ1n) is 8.07. The predicted octanol–water partition coefficient (Wildman–Crippen LogP) is 4.30. The topological polar surface area (TPSA) is 51.0 Å². The minimum atomic E-state index is -0.641. The highest BCUT2D eigenvalue weighted by molar-refractivity contribution is 7.99. The van der Waals surface area contributed by atoms with E-state index in [9.17, 15) is 5.11 Å². The van der Waals surface area contributed by atoms with Gasteiger partial charge in [-0.2, -0.15) is 0 Å². The molecule has 0 aliphatic carbocycles. The lowest BCUT2D eigenvalue weighted by atomic mass is 10.2. The fourth-order valence-corrected chi connectivity index (χ4v) is 2.73. The Morgan fingerprint density at radius 2 is 1.84 bits per heavy atom. The van der Waals surface area contributed by atoms with Gasteiger partial charge in [-0.05, 0) is 36.2 Å². The molecule has 0 radical (unpaired) electrons. The standard InChI is InChI=1S/C20H23NO3S/c1-23-19-10-12-20(13-11-19)25-14-6-5-9-18(22)15-21-24-16-17-7-3-2-4-8-17/h2-8,10-13,15,18,22H,9,14,16H2,1H3/b6-5+,21-15+. The van der Waals surface area contributed by atoms with Crippen molar-refractivity contribution >= 4 is 18.0 Å². The highest BCUT2D eigenvalue weighted by atomic mass is 32.2. The number of rotatable bonds is 10. The number of aliphatic hydroxyl groups excluding tert-OH is 1. The molecule has 0 aliphatic rings. The van der Waals surface area contributed by atoms with Gasteiger partial charge in [0.25, 0.3) is 0 Å². The van der Waals surface area contributed by atoms with Gasteiger partial charge < -0.3 is 14.7 Å². The molecule has 5 heteroatoms. The summed E-state index contributed by atoms with van der Waals surface area (Å²) in [4.78, 5) is 6.35. The van der Waals surface area contributed by atoms with Gasteiger partial charge in [-0.3, -0.25) is 0 Å². The van der Waals surface area contributed by atoms with Gasteiger partial charge in [-0.1, -0.05) is 47.6 Å². The maximum absolute atomic E-state index is 9.82. The average molecular weight is 357 g/mol. The molecule has 0 heterocycles. The van der Waals surface area contributed by atoms with E-state index >= 15 is 0 Å². The number of benzene rings is 2. The zero-order chi connectivity index (χ0) is 17.7. The lowest BCUT2D eigenvalue weighted by Gasteiger charge is -2.02. The Hall–Kier alpha value is -2.24. The zero-order valence-corrected chi connectivity index (χ0v) is 15.1. The Balaban J connectivity index is 1.59. The van der Waals surface area contributed by atoms with E-state index < -0.39 is 6.10 Å². The zero-order valence-electron chi connectivity index (χ0n) is 14.2. The van der Waals surface area contributed by atoms with Gasteiger partial charge in [0.15, 0.2) is 0 Å². The Morgan fingerprint density at radius 1 is 1.08 bits per heavy atom. The van der Waals surface area contributed by atoms with Crippen LogP contribution in [0.2, 0.25) is 0 Å². The van der Waals surface area contributed by atoms with E-state index in [4.69, 9.17) is 9.57 Å². The van der Waals surface area contributed by atoms with Gasteiger partial charge in [0, 0.05) is 10.6 Å². The minimum Gasteiger partial charge on any atom is -0.497 e. The number of ether oxygens (including phenoxy) is 1. The molecule has 2 aromatic carbocycles. The van der Waals surface area contributed by atoms with E-state index in [2.05, 4.69) is 5.16 Å². The van der Waals surface area contributed by atoms with Crippen molar-refractivity contribution in [2.24, 2.45) is 5.16 Å². The number of aliphatic hydroxyl groups is 1. The lowest BCUT2D eigenvalue weighted by Crippen LogP contribution is -2.06. The Bertz CT molecular complexity index is 656. The molecule has 2 aromatic rings. The third kappa shape index (κ3) is 7.92. The first-order valence-corrected chi connectivity index (χ1v) is 9.06. The largest absolute Gasteiger partial charge is 0.497 e. The number of nitrogens with zero attached hydrogens (tertiary/aromatic N) is 1. The lowest BCUT2D eigenvalue weighted by molar-refractivity contribution is 0.127. The van der Waals surface area contributed by atoms with Crippen LogP contribution in [0.5, 0.6) is 5.75 Å². The van der Waals surface area contributed by atoms with Crippen LogP contribution in [0.3, 0.4) is 0 Å². The van der Waals surface area contributed by atoms with Crippen molar-refractivity contribution in [2.45, 2.75) is 24.0 Å². The van der Waals surface area contributed by atoms with Gasteiger partial charge in [-0.15, -0.1) is 11.8 Å². The predicted molar refractivity (Wildman–Crippen MR) is 103 cm³/mol. The monoisotopic (exact) mass is 357 g/mol. The number of methoxy groups -OCH3 is 1. The van der Waals surface area contributed by atoms with Crippen LogP contribution in [-0.4, -0.2) is 30.3 Å². The van der Waals surface area contributed by atoms with Crippen molar-refractivity contribution < 1.29 is 14.7 Å². The normalized spacial score (nSPS) is 12.6. The molecule has 0 bridgehead atoms. The van der Waals surface area contributed by atoms with E-state index in [1.165, 1.54) is 11.1 Å². The Labute approximate surface area is 153 Å². The first-order chi connectivity index (χ1) is 12.3. The average Bonchev–Trinajstić information content (AvgIpc) is 2.66. The third-order valence-electron chi connectivity index (χ3n) is 3.33. The molecule has 0 aromatic heterocycles. The van der Waals surface area contributed by atoms with Gasteiger partial charge in [0.2, 0.25) is 0 Å². The van der Waals surface area contributed by atoms with Crippen molar-refractivity contribution in [2.75, 3.05) is 12.9 Å². The van der Waals surface area contributed by atoms with Crippen LogP contribution in [0, 0.1) is 0 Å². The fraction of sp³-hybridized carbons (Fsp3) is 0.250. The highest BCUT2D eigenvalue weighted by Crippen LogP contribution is 2.21. The van der Waals surface area contributed by atoms with E-state index in [1.54, 1.807) is 18.9 Å². The van der Waals surface area contributed by atoms with Crippen LogP contribution in [0.1, 0.15) is 12.0 Å². The van der Waals surface area contributed by atoms with Crippen molar-refractivity contribution in [1.82, 2.24) is 0 Å². The van der Waals surface area contributed by atoms with Gasteiger partial charge >= 0.3 is 0 Å². The van der Waals surface area contributed by atoms with Gasteiger partial charge in [-0.25, -0.2) is 0 Å². The highest BCUT2D eigenvalue weighted by Gasteiger charge is 1.97. The van der Waals surface area contributed by atoms with E-state index in [0.717, 1.165) is 17.1 Å². The molecule has 4 nitrogen and oxygen atoms in total. The number of oxime groups is 1. The molecule has 1 unspecified atom stereocenters. The summed E-state index contributed by atoms with van der Waals surface area (Å²) in [6.45, 7) is 0.401. The van der Waals surface area contributed by atoms with Crippen LogP contribution in [0.15, 0.2) is 76.8 Å². The van der Waals surface area contributed by atoms with E-state index in [-0.39, 0.29) is 0 Å². The van der Waals surface area contributed by atoms with Crippen LogP contribution in [-0.2, 0) is 11.4 Å². The molecule has 25 heavy (non-hydrogen) atoms. The smallest absolute Gasteiger partial charge is 0.142 e. The fourth-order valence-electron chi connectivity index (χ4n) is 1.98. The molecule has 2 rings (SSSR count). The number of hydrogen-bond donors (Lipinski definition) is 1. The molecule has 0 fully saturated rings. The summed E-state index contributed by atoms with van der Waals surface area (Å²) in [5.41, 5.74) is 1.05. The SMILES string of the molecule is COc1ccc(SC/C=C/CC(O)/C=N/OCc2ccccc2)cc1. The Kier molecular flexibility index (Phi) is 8.66. The second-order valence-corrected chi connectivity index (χ2v) is 6.37. The summed E-state index contributed by atoms with van der Waals surface area (Å²) in [5, 5.41) is 13.6. The molecular weight excluding hydrogens is 334 g/mol. The van der Waals surface area contributed by atoms with Crippen molar-refractivity contribution in [1.29, 1.82) is 0 Å². The molecule has 0 saturated heterocycles. The summed E-state index contributed by atoms with van der Waals surface area (Å²) in [6.07, 6.45) is 5.28. The summed E-state index contributed by atoms with van der Waals surface area (Å²) in [5.74, 6) is 1.71. The molecule has 0 aliphatic heterocycles. The minimum absolute atomic E-state index is 0.401. The first kappa shape index (κ1) is 19.1. The number of thioether (sulfide) groups is 1. The maximum Gasteiger partial charge on any atom is 0.142 e. The summed E-state index contributed by atoms with van der Waals surface area (Å²) in [6, 6.07) is 17.7. The molecule has 1 atom stereocenters. The van der Waals surface area contributed by atoms with Crippen LogP contribution >= 0.6 is 11.8 Å². The maximum atomic E-state index is 9.82. The van der Waals surface area contributed by atoms with Crippen LogP contribution in [0.25, 0.3) is 0 Å². The van der Waals surface area contributed by atoms with Crippen LogP contribution in [0.4, 0.5) is 0 Å². The summed E-state index contributed by atoms with van der Waals surface area (Å²) >= 11 is 1.73. The molecule has 0 spiro atoms. The summed E-state index contributed by atoms with van der Waals surface area (Å²) in [7, 11) is 1.66. The van der Waals surface area contributed by atoms with Crippen LogP contribution < -0.4 is 4.74 Å². The van der Waals surface area contributed by atoms with E-state index in [1.807, 2.05) is 66.7 Å². The third-order valence-corrected chi connectivity index (χ3v) is 4.30. The second-order valence-electron chi connectivity index (χ2n) is 5.27. The van der Waals surface area contributed by atoms with Gasteiger partial charge in [0.05, 0.1) is 19.4 Å². The van der Waals surface area contributed by atoms with E-state index in [0.29, 0.717) is 13.0 Å². The Morgan fingerprint density at radius 3 is 2.56 bits per heavy atom. The quantitative estimate of drug-likeness (QED) is 0.298. The second kappa shape index (κ2) is 11.3. The molecule has 1 N–H and O–H groups in total. The van der Waals surface area contributed by atoms with Crippen molar-refractivity contribution in [3.05, 3.63) is 72.3 Å². The van der Waals surface area contributed by atoms with Crippen molar-refractivity contribution in [3.63, 3.8) is 0 Å². The van der Waals surface area contributed by atoms with Crippen molar-refractivity contribution in [3.8, 4) is 5.75 Å². The molecule has 0 amide bonds. The molecule has 132 valence electrons.